The number of ether oxygens (including phenoxy) is 2. The van der Waals surface area contributed by atoms with Crippen LogP contribution in [0.5, 0.6) is 0 Å². The fourth-order valence-electron chi connectivity index (χ4n) is 2.45. The summed E-state index contributed by atoms with van der Waals surface area (Å²) in [6.07, 6.45) is 0.118. The summed E-state index contributed by atoms with van der Waals surface area (Å²) in [5, 5.41) is 0. The molecule has 0 aromatic rings. The van der Waals surface area contributed by atoms with Crippen LogP contribution >= 0.6 is 0 Å². The molecule has 0 aromatic carbocycles. The summed E-state index contributed by atoms with van der Waals surface area (Å²) >= 11 is 0. The minimum atomic E-state index is -0.212. The van der Waals surface area contributed by atoms with Gasteiger partial charge in [-0.2, -0.15) is 0 Å². The van der Waals surface area contributed by atoms with Gasteiger partial charge in [0.05, 0.1) is 18.3 Å². The molecule has 2 nitrogen and oxygen atoms in total. The molecule has 0 N–H and O–H groups in total. The molecule has 2 fully saturated rings. The van der Waals surface area contributed by atoms with E-state index in [-0.39, 0.29) is 17.7 Å². The van der Waals surface area contributed by atoms with Gasteiger partial charge in [-0.3, -0.25) is 0 Å². The van der Waals surface area contributed by atoms with Crippen LogP contribution < -0.4 is 0 Å². The van der Waals surface area contributed by atoms with Crippen molar-refractivity contribution in [3.63, 3.8) is 0 Å². The van der Waals surface area contributed by atoms with Crippen molar-refractivity contribution in [1.29, 1.82) is 0 Å². The summed E-state index contributed by atoms with van der Waals surface area (Å²) in [7, 11) is 5.79. The molecule has 12 heavy (non-hydrogen) atoms. The van der Waals surface area contributed by atoms with Crippen molar-refractivity contribution in [2.24, 2.45) is 11.8 Å². The van der Waals surface area contributed by atoms with Crippen molar-refractivity contribution in [3.8, 4) is 0 Å². The highest BCUT2D eigenvalue weighted by Gasteiger charge is 2.58. The molecule has 2 bridgehead atoms. The Labute approximate surface area is 75.0 Å². The fraction of sp³-hybridized carbons (Fsp3) is 1.00. The summed E-state index contributed by atoms with van der Waals surface area (Å²) in [4.78, 5) is 0. The van der Waals surface area contributed by atoms with Crippen LogP contribution in [-0.2, 0) is 9.47 Å². The topological polar surface area (TPSA) is 18.5 Å². The largest absolute Gasteiger partial charge is 0.376 e. The highest BCUT2D eigenvalue weighted by molar-refractivity contribution is 6.11. The van der Waals surface area contributed by atoms with Crippen molar-refractivity contribution < 1.29 is 9.47 Å². The minimum absolute atomic E-state index is 0.107. The Morgan fingerprint density at radius 1 is 1.50 bits per heavy atom. The van der Waals surface area contributed by atoms with Crippen molar-refractivity contribution in [1.82, 2.24) is 0 Å². The SMILES string of the molecule is [B][C@@H]1O[C@@]2(C(C)C)CO[C@H]1C2C. The smallest absolute Gasteiger partial charge is 0.112 e. The molecule has 1 unspecified atom stereocenters. The Balaban J connectivity index is 2.27. The second-order valence-electron chi connectivity index (χ2n) is 4.26. The van der Waals surface area contributed by atoms with Gasteiger partial charge in [0.1, 0.15) is 7.85 Å². The molecule has 66 valence electrons. The zero-order valence-electron chi connectivity index (χ0n) is 7.91. The molecular formula is C9H15BO2. The fourth-order valence-corrected chi connectivity index (χ4v) is 2.45. The van der Waals surface area contributed by atoms with E-state index < -0.39 is 0 Å². The summed E-state index contributed by atoms with van der Waals surface area (Å²) in [6, 6.07) is -0.212. The van der Waals surface area contributed by atoms with E-state index in [0.29, 0.717) is 18.4 Å². The zero-order chi connectivity index (χ0) is 8.93. The Morgan fingerprint density at radius 2 is 2.17 bits per heavy atom. The Kier molecular flexibility index (Phi) is 1.78. The van der Waals surface area contributed by atoms with Crippen LogP contribution in [0.4, 0.5) is 0 Å². The van der Waals surface area contributed by atoms with E-state index in [2.05, 4.69) is 20.8 Å². The lowest BCUT2D eigenvalue weighted by molar-refractivity contribution is -0.134. The van der Waals surface area contributed by atoms with Crippen LogP contribution in [0.1, 0.15) is 20.8 Å². The Morgan fingerprint density at radius 3 is 2.42 bits per heavy atom. The number of rotatable bonds is 1. The molecule has 0 aliphatic carbocycles. The van der Waals surface area contributed by atoms with Gasteiger partial charge in [-0.15, -0.1) is 0 Å². The lowest BCUT2D eigenvalue weighted by Crippen LogP contribution is -2.43. The second kappa shape index (κ2) is 2.49. The maximum Gasteiger partial charge on any atom is 0.112 e. The van der Waals surface area contributed by atoms with Crippen molar-refractivity contribution >= 4 is 7.85 Å². The van der Waals surface area contributed by atoms with E-state index in [1.54, 1.807) is 0 Å². The molecule has 2 heterocycles. The first-order valence-electron chi connectivity index (χ1n) is 4.63. The van der Waals surface area contributed by atoms with Gasteiger partial charge in [0, 0.05) is 11.9 Å². The quantitative estimate of drug-likeness (QED) is 0.539. The van der Waals surface area contributed by atoms with E-state index >= 15 is 0 Å². The lowest BCUT2D eigenvalue weighted by atomic mass is 9.80. The maximum absolute atomic E-state index is 5.79. The lowest BCUT2D eigenvalue weighted by Gasteiger charge is -2.34. The molecule has 4 atom stereocenters. The summed E-state index contributed by atoms with van der Waals surface area (Å²) in [6.45, 7) is 7.22. The first-order chi connectivity index (χ1) is 5.58. The third-order valence-corrected chi connectivity index (χ3v) is 3.42. The normalized spacial score (nSPS) is 52.2. The van der Waals surface area contributed by atoms with Gasteiger partial charge in [0.15, 0.2) is 0 Å². The van der Waals surface area contributed by atoms with Gasteiger partial charge in [-0.05, 0) is 5.92 Å². The highest BCUT2D eigenvalue weighted by Crippen LogP contribution is 2.47. The van der Waals surface area contributed by atoms with E-state index in [1.807, 2.05) is 0 Å². The van der Waals surface area contributed by atoms with Gasteiger partial charge in [-0.1, -0.05) is 20.8 Å². The number of hydrogen-bond donors (Lipinski definition) is 0. The molecule has 0 amide bonds. The summed E-state index contributed by atoms with van der Waals surface area (Å²) < 4.78 is 11.4. The van der Waals surface area contributed by atoms with Gasteiger partial charge >= 0.3 is 0 Å². The van der Waals surface area contributed by atoms with E-state index in [9.17, 15) is 0 Å². The average Bonchev–Trinajstić information content (AvgIpc) is 2.42. The molecule has 2 aliphatic rings. The third-order valence-electron chi connectivity index (χ3n) is 3.42. The van der Waals surface area contributed by atoms with Gasteiger partial charge in [0.2, 0.25) is 0 Å². The Hall–Kier alpha value is -0.0151. The molecule has 0 spiro atoms. The van der Waals surface area contributed by atoms with Gasteiger partial charge < -0.3 is 9.47 Å². The maximum atomic E-state index is 5.79. The Bertz CT molecular complexity index is 195. The molecule has 2 rings (SSSR count). The van der Waals surface area contributed by atoms with Gasteiger partial charge in [-0.25, -0.2) is 0 Å². The predicted molar refractivity (Wildman–Crippen MR) is 47.1 cm³/mol. The molecule has 3 heteroatoms. The van der Waals surface area contributed by atoms with Crippen molar-refractivity contribution in [2.75, 3.05) is 6.61 Å². The minimum Gasteiger partial charge on any atom is -0.376 e. The molecule has 2 radical (unpaired) electrons. The second-order valence-corrected chi connectivity index (χ2v) is 4.26. The molecule has 0 aromatic heterocycles. The highest BCUT2D eigenvalue weighted by atomic mass is 16.6. The monoisotopic (exact) mass is 166 g/mol. The molecule has 2 aliphatic heterocycles. The van der Waals surface area contributed by atoms with Crippen LogP contribution in [-0.4, -0.2) is 32.2 Å². The summed E-state index contributed by atoms with van der Waals surface area (Å²) in [5.74, 6) is 0.915. The standard InChI is InChI=1S/C9H15BO2/c1-5(2)9-4-11-7(6(9)3)8(10)12-9/h5-8H,4H2,1-3H3/t6?,7-,8+,9+/m0/s1. The molecular weight excluding hydrogens is 151 g/mol. The van der Waals surface area contributed by atoms with Gasteiger partial charge in [0.25, 0.3) is 0 Å². The van der Waals surface area contributed by atoms with E-state index in [4.69, 9.17) is 17.3 Å². The van der Waals surface area contributed by atoms with Crippen LogP contribution in [0.15, 0.2) is 0 Å². The molecule has 0 saturated carbocycles. The summed E-state index contributed by atoms with van der Waals surface area (Å²) in [5.41, 5.74) is -0.107. The first kappa shape index (κ1) is 8.58. The van der Waals surface area contributed by atoms with Crippen LogP contribution in [0.2, 0.25) is 0 Å². The molecule has 2 saturated heterocycles. The number of fused-ring (bicyclic) bond motifs is 2. The first-order valence-corrected chi connectivity index (χ1v) is 4.63. The van der Waals surface area contributed by atoms with E-state index in [1.165, 1.54) is 0 Å². The van der Waals surface area contributed by atoms with Crippen LogP contribution in [0.3, 0.4) is 0 Å². The predicted octanol–water partition coefficient (Wildman–Crippen LogP) is 0.941. The van der Waals surface area contributed by atoms with Crippen LogP contribution in [0.25, 0.3) is 0 Å². The average molecular weight is 166 g/mol. The third kappa shape index (κ3) is 0.840. The van der Waals surface area contributed by atoms with Crippen LogP contribution in [0, 0.1) is 11.8 Å². The van der Waals surface area contributed by atoms with Crippen molar-refractivity contribution in [2.45, 2.75) is 38.5 Å². The van der Waals surface area contributed by atoms with Crippen molar-refractivity contribution in [3.05, 3.63) is 0 Å². The number of hydrogen-bond acceptors (Lipinski definition) is 2. The van der Waals surface area contributed by atoms with E-state index in [0.717, 1.165) is 0 Å². The zero-order valence-corrected chi connectivity index (χ0v) is 7.91.